The van der Waals surface area contributed by atoms with Crippen molar-refractivity contribution >= 4 is 28.9 Å². The van der Waals surface area contributed by atoms with Gasteiger partial charge < -0.3 is 20.3 Å². The summed E-state index contributed by atoms with van der Waals surface area (Å²) in [4.78, 5) is 22.2. The van der Waals surface area contributed by atoms with Crippen molar-refractivity contribution in [1.82, 2.24) is 24.6 Å². The average molecular weight is 440 g/mol. The van der Waals surface area contributed by atoms with E-state index in [9.17, 15) is 14.4 Å². The zero-order valence-corrected chi connectivity index (χ0v) is 18.0. The zero-order valence-electron chi connectivity index (χ0n) is 18.0. The molecule has 0 saturated carbocycles. The Kier molecular flexibility index (Phi) is 7.04. The lowest BCUT2D eigenvalue weighted by atomic mass is 10.1. The number of rotatable bonds is 8. The molecule has 1 aliphatic rings. The summed E-state index contributed by atoms with van der Waals surface area (Å²) in [5, 5.41) is 19.5. The first-order valence-corrected chi connectivity index (χ1v) is 10.1. The van der Waals surface area contributed by atoms with E-state index >= 15 is 0 Å². The first kappa shape index (κ1) is 22.7. The van der Waals surface area contributed by atoms with Crippen LogP contribution in [0.5, 0.6) is 5.88 Å². The number of carbonyl (C=O) groups is 1. The maximum Gasteiger partial charge on any atom is 0.246 e. The Morgan fingerprint density at radius 2 is 2.28 bits per heavy atom. The summed E-state index contributed by atoms with van der Waals surface area (Å²) >= 11 is 0. The van der Waals surface area contributed by atoms with Crippen LogP contribution < -0.4 is 15.4 Å². The van der Waals surface area contributed by atoms with E-state index in [0.29, 0.717) is 12.2 Å². The van der Waals surface area contributed by atoms with Crippen LogP contribution in [-0.4, -0.2) is 63.0 Å². The van der Waals surface area contributed by atoms with Crippen LogP contribution in [0.25, 0.3) is 5.57 Å². The minimum Gasteiger partial charge on any atom is -0.469 e. The zero-order chi connectivity index (χ0) is 23.3. The summed E-state index contributed by atoms with van der Waals surface area (Å²) in [7, 11) is 1.63. The number of piperidine rings is 1. The molecule has 0 aromatic carbocycles. The van der Waals surface area contributed by atoms with Crippen LogP contribution in [0.3, 0.4) is 0 Å². The fourth-order valence-corrected chi connectivity index (χ4v) is 3.29. The maximum absolute atomic E-state index is 14.7. The summed E-state index contributed by atoms with van der Waals surface area (Å²) in [5.41, 5.74) is 0.930. The largest absolute Gasteiger partial charge is 0.469 e. The van der Waals surface area contributed by atoms with E-state index in [4.69, 9.17) is 4.74 Å². The monoisotopic (exact) mass is 440 g/mol. The van der Waals surface area contributed by atoms with Crippen molar-refractivity contribution in [3.05, 3.63) is 37.2 Å². The molecule has 32 heavy (non-hydrogen) atoms. The number of anilines is 3. The molecule has 11 heteroatoms. The highest BCUT2D eigenvalue weighted by atomic mass is 19.1. The summed E-state index contributed by atoms with van der Waals surface area (Å²) in [5.74, 6) is 0.139. The standard InChI is InChI=1S/C21H25FN8O2/c1-5-17(31)29-8-7-15(22)16(12-29)32-20-18(13(3)9-23)19(24-4)27-21(28-20)26-14-10-25-30(6-2)11-14/h5,10-11,15-16H,1,3,6-8,12H2,2,4H3,(H2,24,26,27,28)/t15-,16-/m0/s1. The van der Waals surface area contributed by atoms with Gasteiger partial charge in [-0.1, -0.05) is 13.2 Å². The van der Waals surface area contributed by atoms with E-state index < -0.39 is 12.3 Å². The number of nitrogens with zero attached hydrogens (tertiary/aromatic N) is 6. The molecule has 3 heterocycles. The number of carbonyl (C=O) groups excluding carboxylic acids is 1. The van der Waals surface area contributed by atoms with Gasteiger partial charge in [0.1, 0.15) is 18.1 Å². The summed E-state index contributed by atoms with van der Waals surface area (Å²) in [6.45, 7) is 10.2. The van der Waals surface area contributed by atoms with E-state index in [-0.39, 0.29) is 54.2 Å². The van der Waals surface area contributed by atoms with Gasteiger partial charge in [0, 0.05) is 26.3 Å². The molecule has 2 atom stereocenters. The van der Waals surface area contributed by atoms with Crippen molar-refractivity contribution in [3.63, 3.8) is 0 Å². The minimum absolute atomic E-state index is 0.0122. The SMILES string of the molecule is C=CC(=O)N1CC[C@H](F)[C@@H](Oc2nc(Nc3cnn(CC)c3)nc(NC)c2C(=C)C#N)C1. The van der Waals surface area contributed by atoms with Crippen LogP contribution >= 0.6 is 0 Å². The number of aromatic nitrogens is 4. The number of hydrogen-bond acceptors (Lipinski definition) is 8. The Morgan fingerprint density at radius 1 is 1.50 bits per heavy atom. The molecule has 2 aromatic rings. The smallest absolute Gasteiger partial charge is 0.246 e. The molecule has 1 fully saturated rings. The number of ether oxygens (including phenoxy) is 1. The average Bonchev–Trinajstić information content (AvgIpc) is 3.26. The van der Waals surface area contributed by atoms with Gasteiger partial charge in [-0.3, -0.25) is 9.48 Å². The number of likely N-dealkylation sites (tertiary alicyclic amines) is 1. The van der Waals surface area contributed by atoms with Gasteiger partial charge in [-0.05, 0) is 19.4 Å². The first-order valence-electron chi connectivity index (χ1n) is 10.1. The number of halogens is 1. The highest BCUT2D eigenvalue weighted by molar-refractivity contribution is 5.87. The van der Waals surface area contributed by atoms with Gasteiger partial charge in [-0.2, -0.15) is 20.3 Å². The van der Waals surface area contributed by atoms with E-state index in [1.165, 1.54) is 11.0 Å². The third-order valence-corrected chi connectivity index (χ3v) is 4.99. The minimum atomic E-state index is -1.32. The number of hydrogen-bond donors (Lipinski definition) is 2. The van der Waals surface area contributed by atoms with Crippen LogP contribution in [0.2, 0.25) is 0 Å². The van der Waals surface area contributed by atoms with Crippen LogP contribution in [0.15, 0.2) is 31.6 Å². The van der Waals surface area contributed by atoms with Gasteiger partial charge >= 0.3 is 0 Å². The van der Waals surface area contributed by atoms with Crippen LogP contribution in [0, 0.1) is 11.3 Å². The van der Waals surface area contributed by atoms with Crippen molar-refractivity contribution in [2.75, 3.05) is 30.8 Å². The molecule has 1 aliphatic heterocycles. The van der Waals surface area contributed by atoms with Gasteiger partial charge in [0.25, 0.3) is 0 Å². The molecule has 2 aromatic heterocycles. The third-order valence-electron chi connectivity index (χ3n) is 4.99. The lowest BCUT2D eigenvalue weighted by Crippen LogP contribution is -2.49. The fourth-order valence-electron chi connectivity index (χ4n) is 3.29. The second kappa shape index (κ2) is 9.91. The van der Waals surface area contributed by atoms with Gasteiger partial charge in [0.15, 0.2) is 0 Å². The number of nitrogens with one attached hydrogen (secondary N) is 2. The van der Waals surface area contributed by atoms with Gasteiger partial charge in [-0.25, -0.2) is 4.39 Å². The van der Waals surface area contributed by atoms with Crippen molar-refractivity contribution in [1.29, 1.82) is 5.26 Å². The van der Waals surface area contributed by atoms with E-state index in [2.05, 4.69) is 38.9 Å². The van der Waals surface area contributed by atoms with Crippen LogP contribution in [0.1, 0.15) is 18.9 Å². The third kappa shape index (κ3) is 4.85. The first-order chi connectivity index (χ1) is 15.4. The maximum atomic E-state index is 14.7. The Labute approximate surface area is 185 Å². The highest BCUT2D eigenvalue weighted by Gasteiger charge is 2.34. The highest BCUT2D eigenvalue weighted by Crippen LogP contribution is 2.33. The molecule has 168 valence electrons. The molecule has 0 spiro atoms. The number of allylic oxidation sites excluding steroid dienone is 1. The van der Waals surface area contributed by atoms with Crippen LogP contribution in [-0.2, 0) is 11.3 Å². The molecule has 3 rings (SSSR count). The van der Waals surface area contributed by atoms with Gasteiger partial charge in [0.2, 0.25) is 17.7 Å². The van der Waals surface area contributed by atoms with Crippen molar-refractivity contribution in [3.8, 4) is 11.9 Å². The molecule has 0 radical (unpaired) electrons. The van der Waals surface area contributed by atoms with Crippen LogP contribution in [0.4, 0.5) is 21.8 Å². The van der Waals surface area contributed by atoms with E-state index in [1.807, 2.05) is 13.0 Å². The van der Waals surface area contributed by atoms with E-state index in [0.717, 1.165) is 0 Å². The van der Waals surface area contributed by atoms with E-state index in [1.54, 1.807) is 24.1 Å². The second-order valence-electron chi connectivity index (χ2n) is 7.08. The quantitative estimate of drug-likeness (QED) is 0.474. The second-order valence-corrected chi connectivity index (χ2v) is 7.08. The number of nitriles is 1. The molecular formula is C21H25FN8O2. The Bertz CT molecular complexity index is 1060. The summed E-state index contributed by atoms with van der Waals surface area (Å²) in [6.07, 6.45) is 2.40. The predicted molar refractivity (Wildman–Crippen MR) is 118 cm³/mol. The molecule has 10 nitrogen and oxygen atoms in total. The normalized spacial score (nSPS) is 17.9. The number of aryl methyl sites for hydroxylation is 1. The predicted octanol–water partition coefficient (Wildman–Crippen LogP) is 2.52. The summed E-state index contributed by atoms with van der Waals surface area (Å²) in [6, 6.07) is 1.96. The number of amides is 1. The van der Waals surface area contributed by atoms with Gasteiger partial charge in [-0.15, -0.1) is 0 Å². The lowest BCUT2D eigenvalue weighted by molar-refractivity contribution is -0.130. The Morgan fingerprint density at radius 3 is 2.91 bits per heavy atom. The molecule has 0 bridgehead atoms. The Balaban J connectivity index is 1.97. The number of alkyl halides is 1. The van der Waals surface area contributed by atoms with Gasteiger partial charge in [0.05, 0.1) is 35.6 Å². The van der Waals surface area contributed by atoms with Crippen molar-refractivity contribution in [2.24, 2.45) is 0 Å². The molecule has 1 amide bonds. The molecule has 0 aliphatic carbocycles. The van der Waals surface area contributed by atoms with Crippen molar-refractivity contribution < 1.29 is 13.9 Å². The lowest BCUT2D eigenvalue weighted by Gasteiger charge is -2.34. The van der Waals surface area contributed by atoms with Crippen molar-refractivity contribution in [2.45, 2.75) is 32.2 Å². The fraction of sp³-hybridized carbons (Fsp3) is 0.381. The molecule has 2 N–H and O–H groups in total. The molecule has 1 saturated heterocycles. The topological polar surface area (TPSA) is 121 Å². The molecule has 0 unspecified atom stereocenters. The molecular weight excluding hydrogens is 415 g/mol. The summed E-state index contributed by atoms with van der Waals surface area (Å²) < 4.78 is 22.4. The Hall–Kier alpha value is -3.94.